The Hall–Kier alpha value is -1.53. The Labute approximate surface area is 169 Å². The smallest absolute Gasteiger partial charge is 0.324 e. The van der Waals surface area contributed by atoms with Crippen LogP contribution >= 0.6 is 15.9 Å². The molecular weight excluding hydrogens is 404 g/mol. The van der Waals surface area contributed by atoms with Gasteiger partial charge in [-0.25, -0.2) is 14.9 Å². The molecular formula is C21H29BrN4O. The molecule has 1 aliphatic carbocycles. The number of carbonyl (C=O) groups is 1. The number of nitrogens with zero attached hydrogens (tertiary/aromatic N) is 3. The molecule has 1 aliphatic heterocycles. The highest BCUT2D eigenvalue weighted by Gasteiger charge is 2.38. The van der Waals surface area contributed by atoms with Gasteiger partial charge < -0.3 is 4.90 Å². The third kappa shape index (κ3) is 2.97. The van der Waals surface area contributed by atoms with E-state index in [0.29, 0.717) is 25.0 Å². The molecule has 2 aliphatic rings. The van der Waals surface area contributed by atoms with Crippen molar-refractivity contribution in [1.29, 1.82) is 0 Å². The maximum absolute atomic E-state index is 12.7. The minimum absolute atomic E-state index is 0.0543. The molecule has 1 aromatic carbocycles. The van der Waals surface area contributed by atoms with Gasteiger partial charge in [-0.1, -0.05) is 19.1 Å². The van der Waals surface area contributed by atoms with Crippen LogP contribution in [0.1, 0.15) is 50.7 Å². The summed E-state index contributed by atoms with van der Waals surface area (Å²) in [7, 11) is 0. The van der Waals surface area contributed by atoms with E-state index in [1.54, 1.807) is 4.90 Å². The van der Waals surface area contributed by atoms with E-state index in [9.17, 15) is 4.79 Å². The average molecular weight is 433 g/mol. The van der Waals surface area contributed by atoms with Gasteiger partial charge in [0.15, 0.2) is 0 Å². The van der Waals surface area contributed by atoms with Crippen LogP contribution in [-0.2, 0) is 6.42 Å². The normalized spacial score (nSPS) is 21.9. The van der Waals surface area contributed by atoms with Crippen molar-refractivity contribution in [3.63, 3.8) is 0 Å². The van der Waals surface area contributed by atoms with Crippen LogP contribution in [0.2, 0.25) is 0 Å². The summed E-state index contributed by atoms with van der Waals surface area (Å²) in [4.78, 5) is 17.1. The highest BCUT2D eigenvalue weighted by Crippen LogP contribution is 2.46. The van der Waals surface area contributed by atoms with Crippen molar-refractivity contribution in [2.45, 2.75) is 52.0 Å². The quantitative estimate of drug-likeness (QED) is 0.770. The van der Waals surface area contributed by atoms with Crippen molar-refractivity contribution < 1.29 is 4.79 Å². The molecule has 2 aromatic rings. The highest BCUT2D eigenvalue weighted by atomic mass is 79.9. The van der Waals surface area contributed by atoms with E-state index < -0.39 is 0 Å². The number of piperidine rings is 1. The summed E-state index contributed by atoms with van der Waals surface area (Å²) in [6.45, 7) is 9.98. The van der Waals surface area contributed by atoms with Crippen molar-refractivity contribution in [2.75, 3.05) is 31.6 Å². The van der Waals surface area contributed by atoms with Gasteiger partial charge in [-0.3, -0.25) is 4.90 Å². The van der Waals surface area contributed by atoms with Gasteiger partial charge in [0.2, 0.25) is 0 Å². The Morgan fingerprint density at radius 2 is 2.07 bits per heavy atom. The molecule has 6 heteroatoms. The van der Waals surface area contributed by atoms with Crippen molar-refractivity contribution in [2.24, 2.45) is 0 Å². The zero-order valence-corrected chi connectivity index (χ0v) is 18.1. The number of amides is 2. The Balaban J connectivity index is 1.79. The fourth-order valence-electron chi connectivity index (χ4n) is 5.06. The van der Waals surface area contributed by atoms with Crippen molar-refractivity contribution in [3.05, 3.63) is 33.9 Å². The summed E-state index contributed by atoms with van der Waals surface area (Å²) in [5.74, 6) is 0.594. The Morgan fingerprint density at radius 3 is 2.78 bits per heavy atom. The molecule has 1 saturated heterocycles. The molecule has 1 fully saturated rings. The minimum atomic E-state index is -0.0543. The SMILES string of the molecule is CCN(CC)C(=O)Nn1c(Br)c2c3c(cccc31)[C@H]1CCCN(CC)[C@@H]1C2. The topological polar surface area (TPSA) is 40.5 Å². The molecule has 2 amide bonds. The summed E-state index contributed by atoms with van der Waals surface area (Å²) in [5.41, 5.74) is 7.00. The number of urea groups is 1. The molecule has 0 saturated carbocycles. The number of carbonyl (C=O) groups excluding carboxylic acids is 1. The van der Waals surface area contributed by atoms with Gasteiger partial charge in [-0.2, -0.15) is 0 Å². The second kappa shape index (κ2) is 7.47. The first-order chi connectivity index (χ1) is 13.1. The maximum Gasteiger partial charge on any atom is 0.336 e. The zero-order valence-electron chi connectivity index (χ0n) is 16.5. The van der Waals surface area contributed by atoms with E-state index in [4.69, 9.17) is 0 Å². The standard InChI is InChI=1S/C21H29BrN4O/c1-4-24(5-2)21(27)23-26-17-11-7-9-15-14-10-8-12-25(6-3)18(14)13-16(19(15)17)20(26)22/h7,9,11,14,18H,4-6,8,10,12-13H2,1-3H3,(H,23,27)/t14-,18-/m1/s1. The molecule has 5 nitrogen and oxygen atoms in total. The second-order valence-corrected chi connectivity index (χ2v) is 8.34. The Morgan fingerprint density at radius 1 is 1.30 bits per heavy atom. The molecule has 2 atom stereocenters. The first-order valence-corrected chi connectivity index (χ1v) is 11.0. The Kier molecular flexibility index (Phi) is 5.21. The first-order valence-electron chi connectivity index (χ1n) is 10.2. The predicted molar refractivity (Wildman–Crippen MR) is 114 cm³/mol. The van der Waals surface area contributed by atoms with E-state index in [2.05, 4.69) is 51.4 Å². The number of hydrogen-bond donors (Lipinski definition) is 1. The van der Waals surface area contributed by atoms with E-state index in [1.807, 2.05) is 18.5 Å². The number of aromatic nitrogens is 1. The van der Waals surface area contributed by atoms with Crippen LogP contribution in [0.5, 0.6) is 0 Å². The summed E-state index contributed by atoms with van der Waals surface area (Å²) in [6.07, 6.45) is 3.57. The average Bonchev–Trinajstić information content (AvgIpc) is 2.96. The number of likely N-dealkylation sites (tertiary alicyclic amines) is 1. The van der Waals surface area contributed by atoms with Crippen LogP contribution in [0.4, 0.5) is 4.79 Å². The fraction of sp³-hybridized carbons (Fsp3) is 0.571. The van der Waals surface area contributed by atoms with Crippen LogP contribution in [-0.4, -0.2) is 52.7 Å². The van der Waals surface area contributed by atoms with Gasteiger partial charge in [0.25, 0.3) is 0 Å². The molecule has 4 rings (SSSR count). The lowest BCUT2D eigenvalue weighted by molar-refractivity contribution is 0.131. The number of benzene rings is 1. The number of fused-ring (bicyclic) bond motifs is 2. The van der Waals surface area contributed by atoms with E-state index in [1.165, 1.54) is 35.9 Å². The molecule has 0 radical (unpaired) electrons. The first kappa shape index (κ1) is 18.8. The monoisotopic (exact) mass is 432 g/mol. The number of likely N-dealkylation sites (N-methyl/N-ethyl adjacent to an activating group) is 1. The van der Waals surface area contributed by atoms with Gasteiger partial charge >= 0.3 is 6.03 Å². The molecule has 0 spiro atoms. The molecule has 0 unspecified atom stereocenters. The molecule has 1 N–H and O–H groups in total. The third-order valence-corrected chi connectivity index (χ3v) is 7.27. The van der Waals surface area contributed by atoms with E-state index in [-0.39, 0.29) is 6.03 Å². The zero-order chi connectivity index (χ0) is 19.1. The van der Waals surface area contributed by atoms with E-state index in [0.717, 1.165) is 23.1 Å². The van der Waals surface area contributed by atoms with Crippen LogP contribution in [0.15, 0.2) is 22.8 Å². The molecule has 27 heavy (non-hydrogen) atoms. The second-order valence-electron chi connectivity index (χ2n) is 7.58. The van der Waals surface area contributed by atoms with Crippen LogP contribution in [0, 0.1) is 0 Å². The lowest BCUT2D eigenvalue weighted by Crippen LogP contribution is -2.46. The summed E-state index contributed by atoms with van der Waals surface area (Å²) < 4.78 is 2.94. The molecule has 146 valence electrons. The van der Waals surface area contributed by atoms with Crippen LogP contribution in [0.3, 0.4) is 0 Å². The van der Waals surface area contributed by atoms with Gasteiger partial charge in [0.1, 0.15) is 4.60 Å². The largest absolute Gasteiger partial charge is 0.336 e. The Bertz CT molecular complexity index is 857. The van der Waals surface area contributed by atoms with E-state index >= 15 is 0 Å². The minimum Gasteiger partial charge on any atom is -0.324 e. The van der Waals surface area contributed by atoms with Gasteiger partial charge in [0, 0.05) is 30.4 Å². The molecule has 0 bridgehead atoms. The van der Waals surface area contributed by atoms with Gasteiger partial charge in [-0.15, -0.1) is 0 Å². The van der Waals surface area contributed by atoms with Gasteiger partial charge in [-0.05, 0) is 79.3 Å². The lowest BCUT2D eigenvalue weighted by Gasteiger charge is -2.43. The fourth-order valence-corrected chi connectivity index (χ4v) is 5.70. The van der Waals surface area contributed by atoms with Crippen molar-refractivity contribution in [1.82, 2.24) is 14.5 Å². The van der Waals surface area contributed by atoms with Crippen LogP contribution in [0.25, 0.3) is 10.9 Å². The molecule has 1 aromatic heterocycles. The van der Waals surface area contributed by atoms with Crippen molar-refractivity contribution >= 4 is 32.9 Å². The van der Waals surface area contributed by atoms with Crippen LogP contribution < -0.4 is 5.43 Å². The highest BCUT2D eigenvalue weighted by molar-refractivity contribution is 9.10. The maximum atomic E-state index is 12.7. The number of halogens is 1. The summed E-state index contributed by atoms with van der Waals surface area (Å²) in [5, 5.41) is 1.34. The number of nitrogens with one attached hydrogen (secondary N) is 1. The number of rotatable bonds is 4. The summed E-state index contributed by atoms with van der Waals surface area (Å²) >= 11 is 3.81. The molecule has 2 heterocycles. The predicted octanol–water partition coefficient (Wildman–Crippen LogP) is 4.53. The lowest BCUT2D eigenvalue weighted by atomic mass is 9.75. The van der Waals surface area contributed by atoms with Gasteiger partial charge in [0.05, 0.1) is 5.52 Å². The summed E-state index contributed by atoms with van der Waals surface area (Å²) in [6, 6.07) is 7.07. The van der Waals surface area contributed by atoms with Crippen molar-refractivity contribution in [3.8, 4) is 0 Å². The number of hydrogen-bond acceptors (Lipinski definition) is 2. The third-order valence-electron chi connectivity index (χ3n) is 6.43.